The highest BCUT2D eigenvalue weighted by atomic mass is 31.2. The lowest BCUT2D eigenvalue weighted by Gasteiger charge is -2.30. The molecule has 1 aromatic heterocycles. The van der Waals surface area contributed by atoms with Crippen LogP contribution in [-0.2, 0) is 17.3 Å². The number of aromatic nitrogens is 2. The number of carbonyl (C=O) groups is 1. The van der Waals surface area contributed by atoms with Gasteiger partial charge in [0, 0.05) is 19.8 Å². The number of alkyl halides is 3. The minimum absolute atomic E-state index is 0.0265. The Kier molecular flexibility index (Phi) is 7.71. The number of nitrogens with one attached hydrogen (secondary N) is 2. The molecule has 1 saturated carbocycles. The third kappa shape index (κ3) is 5.88. The number of anilines is 4. The molecule has 0 spiro atoms. The predicted molar refractivity (Wildman–Crippen MR) is 146 cm³/mol. The molecule has 2 heterocycles. The Morgan fingerprint density at radius 2 is 1.76 bits per heavy atom. The average molecular weight is 592 g/mol. The summed E-state index contributed by atoms with van der Waals surface area (Å²) in [6, 6.07) is 10.2. The van der Waals surface area contributed by atoms with Gasteiger partial charge in [-0.3, -0.25) is 9.36 Å². The van der Waals surface area contributed by atoms with E-state index in [0.717, 1.165) is 5.56 Å². The Labute approximate surface area is 234 Å². The second-order valence-electron chi connectivity index (χ2n) is 10.2. The van der Waals surface area contributed by atoms with Gasteiger partial charge in [-0.15, -0.1) is 0 Å². The van der Waals surface area contributed by atoms with Gasteiger partial charge >= 0.3 is 13.8 Å². The van der Waals surface area contributed by atoms with Crippen molar-refractivity contribution in [3.8, 4) is 5.75 Å². The molecule has 1 amide bonds. The molecule has 0 bridgehead atoms. The van der Waals surface area contributed by atoms with Crippen LogP contribution in [-0.4, -0.2) is 50.4 Å². The number of methoxy groups -OCH3 is 1. The summed E-state index contributed by atoms with van der Waals surface area (Å²) in [6.07, 6.45) is -2.32. The Balaban J connectivity index is 1.50. The number of hydrogen-bond donors (Lipinski definition) is 4. The summed E-state index contributed by atoms with van der Waals surface area (Å²) in [5.74, 6) is -0.556. The molecule has 41 heavy (non-hydrogen) atoms. The highest BCUT2D eigenvalue weighted by Gasteiger charge is 2.39. The molecule has 0 unspecified atom stereocenters. The van der Waals surface area contributed by atoms with Crippen LogP contribution < -0.4 is 15.4 Å². The van der Waals surface area contributed by atoms with Crippen molar-refractivity contribution >= 4 is 36.6 Å². The number of nitrogens with zero attached hydrogens (tertiary/aromatic N) is 3. The minimum Gasteiger partial charge on any atom is -0.495 e. The summed E-state index contributed by atoms with van der Waals surface area (Å²) in [6.45, 7) is 0.272. The van der Waals surface area contributed by atoms with Gasteiger partial charge in [-0.05, 0) is 60.9 Å². The van der Waals surface area contributed by atoms with E-state index in [2.05, 4.69) is 20.6 Å². The number of halogens is 3. The van der Waals surface area contributed by atoms with Crippen molar-refractivity contribution in [1.82, 2.24) is 14.9 Å². The first kappa shape index (κ1) is 28.8. The van der Waals surface area contributed by atoms with Gasteiger partial charge in [0.25, 0.3) is 5.91 Å². The molecule has 2 aromatic carbocycles. The van der Waals surface area contributed by atoms with E-state index in [4.69, 9.17) is 4.74 Å². The van der Waals surface area contributed by atoms with Crippen LogP contribution >= 0.6 is 7.60 Å². The van der Waals surface area contributed by atoms with Crippen LogP contribution in [0.1, 0.15) is 58.6 Å². The summed E-state index contributed by atoms with van der Waals surface area (Å²) in [5.41, 5.74) is 0.658. The maximum absolute atomic E-state index is 14.0. The molecule has 2 aliphatic rings. The number of amides is 1. The molecule has 4 N–H and O–H groups in total. The lowest BCUT2D eigenvalue weighted by Crippen LogP contribution is -2.19. The van der Waals surface area contributed by atoms with Gasteiger partial charge in [-0.25, -0.2) is 4.98 Å². The van der Waals surface area contributed by atoms with E-state index in [1.165, 1.54) is 12.0 Å². The normalized spacial score (nSPS) is 19.2. The zero-order valence-corrected chi connectivity index (χ0v) is 23.2. The molecular weight excluding hydrogens is 562 g/mol. The maximum atomic E-state index is 14.0. The maximum Gasteiger partial charge on any atom is 0.421 e. The second kappa shape index (κ2) is 11.0. The van der Waals surface area contributed by atoms with Gasteiger partial charge in [0.05, 0.1) is 29.7 Å². The van der Waals surface area contributed by atoms with Crippen molar-refractivity contribution in [3.63, 3.8) is 0 Å². The van der Waals surface area contributed by atoms with Gasteiger partial charge in [0.15, 0.2) is 0 Å². The van der Waals surface area contributed by atoms with Crippen LogP contribution in [0.15, 0.2) is 42.6 Å². The van der Waals surface area contributed by atoms with Crippen molar-refractivity contribution < 1.29 is 37.1 Å². The highest BCUT2D eigenvalue weighted by Crippen LogP contribution is 2.51. The lowest BCUT2D eigenvalue weighted by molar-refractivity contribution is -0.137. The third-order valence-electron chi connectivity index (χ3n) is 7.62. The zero-order valence-electron chi connectivity index (χ0n) is 22.3. The number of rotatable bonds is 7. The van der Waals surface area contributed by atoms with Crippen molar-refractivity contribution in [2.75, 3.05) is 24.8 Å². The summed E-state index contributed by atoms with van der Waals surface area (Å²) in [5, 5.41) is 5.63. The number of fused-ring (bicyclic) bond motifs is 1. The molecule has 3 aromatic rings. The van der Waals surface area contributed by atoms with Crippen LogP contribution in [0.5, 0.6) is 5.75 Å². The van der Waals surface area contributed by atoms with Crippen molar-refractivity contribution in [1.29, 1.82) is 0 Å². The minimum atomic E-state index is -4.77. The largest absolute Gasteiger partial charge is 0.495 e. The van der Waals surface area contributed by atoms with Crippen LogP contribution in [0.3, 0.4) is 0 Å². The predicted octanol–water partition coefficient (Wildman–Crippen LogP) is 5.78. The Morgan fingerprint density at radius 1 is 1.05 bits per heavy atom. The summed E-state index contributed by atoms with van der Waals surface area (Å²) < 4.78 is 58.9. The first-order valence-corrected chi connectivity index (χ1v) is 14.6. The molecule has 1 aliphatic carbocycles. The van der Waals surface area contributed by atoms with Crippen LogP contribution in [0.4, 0.5) is 36.3 Å². The Hall–Kier alpha value is -3.67. The molecular formula is C27H29F3N5O5P. The van der Waals surface area contributed by atoms with E-state index in [0.29, 0.717) is 48.9 Å². The third-order valence-corrected chi connectivity index (χ3v) is 9.09. The summed E-state index contributed by atoms with van der Waals surface area (Å²) >= 11 is 0. The number of hydrogen-bond acceptors (Lipinski definition) is 7. The molecule has 0 saturated heterocycles. The standard InChI is InChI=1S/C27H29F3N5O5P/c1-35-14-18-17(15-7-9-16(10-8-15)41(37,38)39)11-12-21(23(18)25(35)36)32-24-19(27(28,29)30)13-31-26(34-24)33-20-5-3-4-6-22(20)40-2/h3-6,11-13,15-16H,7-10,14H2,1-2H3,(H2,37,38,39)(H2,31,32,33,34). The van der Waals surface area contributed by atoms with E-state index in [-0.39, 0.29) is 35.6 Å². The average Bonchev–Trinajstić information content (AvgIpc) is 3.22. The number of carbonyl (C=O) groups excluding carboxylic acids is 1. The van der Waals surface area contributed by atoms with Crippen molar-refractivity contribution in [3.05, 3.63) is 64.8 Å². The zero-order chi connectivity index (χ0) is 29.5. The summed E-state index contributed by atoms with van der Waals surface area (Å²) in [4.78, 5) is 41.7. The number of benzene rings is 2. The van der Waals surface area contributed by atoms with Gasteiger partial charge in [-0.2, -0.15) is 18.2 Å². The fraction of sp³-hybridized carbons (Fsp3) is 0.370. The van der Waals surface area contributed by atoms with E-state index in [9.17, 15) is 32.3 Å². The molecule has 5 rings (SSSR count). The van der Waals surface area contributed by atoms with Gasteiger partial charge < -0.3 is 30.1 Å². The fourth-order valence-electron chi connectivity index (χ4n) is 5.53. The first-order valence-electron chi connectivity index (χ1n) is 12.9. The van der Waals surface area contributed by atoms with Gasteiger partial charge in [0.1, 0.15) is 17.1 Å². The monoisotopic (exact) mass is 591 g/mol. The van der Waals surface area contributed by atoms with E-state index in [1.54, 1.807) is 43.4 Å². The SMILES string of the molecule is COc1ccccc1Nc1ncc(C(F)(F)F)c(Nc2ccc(C3CCC(P(=O)(O)O)CC3)c3c2C(=O)N(C)C3)n1. The molecule has 10 nitrogen and oxygen atoms in total. The fourth-order valence-corrected chi connectivity index (χ4v) is 6.50. The van der Waals surface area contributed by atoms with Crippen LogP contribution in [0.25, 0.3) is 0 Å². The van der Waals surface area contributed by atoms with Crippen molar-refractivity contribution in [2.24, 2.45) is 0 Å². The van der Waals surface area contributed by atoms with Crippen LogP contribution in [0, 0.1) is 0 Å². The Morgan fingerprint density at radius 3 is 2.41 bits per heavy atom. The molecule has 0 radical (unpaired) electrons. The quantitative estimate of drug-likeness (QED) is 0.252. The van der Waals surface area contributed by atoms with E-state index in [1.807, 2.05) is 0 Å². The summed E-state index contributed by atoms with van der Waals surface area (Å²) in [7, 11) is -1.11. The van der Waals surface area contributed by atoms with Crippen molar-refractivity contribution in [2.45, 2.75) is 50.0 Å². The first-order chi connectivity index (χ1) is 19.4. The van der Waals surface area contributed by atoms with Gasteiger partial charge in [0.2, 0.25) is 5.95 Å². The molecule has 14 heteroatoms. The van der Waals surface area contributed by atoms with Crippen LogP contribution in [0.2, 0.25) is 0 Å². The van der Waals surface area contributed by atoms with Gasteiger partial charge in [-0.1, -0.05) is 18.2 Å². The van der Waals surface area contributed by atoms with E-state index < -0.39 is 30.8 Å². The molecule has 1 fully saturated rings. The van der Waals surface area contributed by atoms with E-state index >= 15 is 0 Å². The lowest BCUT2D eigenvalue weighted by atomic mass is 9.81. The second-order valence-corrected chi connectivity index (χ2v) is 12.1. The highest BCUT2D eigenvalue weighted by molar-refractivity contribution is 7.52. The topological polar surface area (TPSA) is 137 Å². The number of ether oxygens (including phenoxy) is 1. The molecule has 218 valence electrons. The molecule has 0 atom stereocenters. The molecule has 1 aliphatic heterocycles. The smallest absolute Gasteiger partial charge is 0.421 e. The number of para-hydroxylation sites is 2. The Bertz CT molecular complexity index is 1520.